The number of carbonyl (C=O) groups is 1. The van der Waals surface area contributed by atoms with Crippen molar-refractivity contribution in [2.45, 2.75) is 42.4 Å². The van der Waals surface area contributed by atoms with Crippen LogP contribution in [0, 0.1) is 5.82 Å². The van der Waals surface area contributed by atoms with Gasteiger partial charge in [-0.3, -0.25) is 4.79 Å². The molecular formula is C20H23FN2O3S. The van der Waals surface area contributed by atoms with Gasteiger partial charge in [-0.15, -0.1) is 0 Å². The van der Waals surface area contributed by atoms with Gasteiger partial charge in [-0.1, -0.05) is 37.1 Å². The van der Waals surface area contributed by atoms with Crippen LogP contribution in [0.25, 0.3) is 0 Å². The van der Waals surface area contributed by atoms with Crippen molar-refractivity contribution in [3.8, 4) is 0 Å². The molecule has 7 heteroatoms. The van der Waals surface area contributed by atoms with Crippen molar-refractivity contribution < 1.29 is 17.6 Å². The van der Waals surface area contributed by atoms with Gasteiger partial charge in [-0.25, -0.2) is 17.9 Å². The van der Waals surface area contributed by atoms with E-state index >= 15 is 0 Å². The average Bonchev–Trinajstić information content (AvgIpc) is 3.12. The fourth-order valence-electron chi connectivity index (χ4n) is 3.75. The van der Waals surface area contributed by atoms with Gasteiger partial charge in [0.2, 0.25) is 15.9 Å². The molecule has 2 aromatic rings. The Morgan fingerprint density at radius 3 is 2.37 bits per heavy atom. The Morgan fingerprint density at radius 1 is 1.11 bits per heavy atom. The lowest BCUT2D eigenvalue weighted by Crippen LogP contribution is -2.43. The number of hydrogen-bond acceptors (Lipinski definition) is 3. The highest BCUT2D eigenvalue weighted by Crippen LogP contribution is 2.41. The molecule has 1 aliphatic rings. The molecule has 0 bridgehead atoms. The highest BCUT2D eigenvalue weighted by Gasteiger charge is 2.42. The normalized spacial score (nSPS) is 16.2. The Kier molecular flexibility index (Phi) is 5.62. The number of nitrogens with one attached hydrogen (secondary N) is 1. The van der Waals surface area contributed by atoms with Gasteiger partial charge < -0.3 is 5.32 Å². The Morgan fingerprint density at radius 2 is 1.78 bits per heavy atom. The maximum absolute atomic E-state index is 13.7. The number of benzene rings is 2. The van der Waals surface area contributed by atoms with Crippen LogP contribution in [0.1, 0.15) is 36.8 Å². The van der Waals surface area contributed by atoms with Crippen LogP contribution in [-0.4, -0.2) is 20.9 Å². The van der Waals surface area contributed by atoms with Crippen molar-refractivity contribution >= 4 is 15.9 Å². The van der Waals surface area contributed by atoms with Crippen molar-refractivity contribution in [2.24, 2.45) is 5.14 Å². The second-order valence-corrected chi connectivity index (χ2v) is 8.56. The molecule has 0 saturated heterocycles. The van der Waals surface area contributed by atoms with Gasteiger partial charge in [0.1, 0.15) is 5.82 Å². The smallest absolute Gasteiger partial charge is 0.238 e. The van der Waals surface area contributed by atoms with Crippen LogP contribution in [-0.2, 0) is 26.7 Å². The Balaban J connectivity index is 1.65. The molecule has 0 unspecified atom stereocenters. The number of rotatable bonds is 6. The molecule has 144 valence electrons. The summed E-state index contributed by atoms with van der Waals surface area (Å²) < 4.78 is 36.2. The molecule has 1 aliphatic carbocycles. The predicted octanol–water partition coefficient (Wildman–Crippen LogP) is 2.64. The minimum absolute atomic E-state index is 0.0614. The summed E-state index contributed by atoms with van der Waals surface area (Å²) >= 11 is 0. The number of carbonyl (C=O) groups excluding carboxylic acids is 1. The second kappa shape index (κ2) is 7.78. The van der Waals surface area contributed by atoms with Gasteiger partial charge in [-0.2, -0.15) is 0 Å². The van der Waals surface area contributed by atoms with E-state index in [2.05, 4.69) is 5.32 Å². The van der Waals surface area contributed by atoms with Crippen LogP contribution in [0.4, 0.5) is 4.39 Å². The molecule has 0 aliphatic heterocycles. The quantitative estimate of drug-likeness (QED) is 0.795. The van der Waals surface area contributed by atoms with Crippen LogP contribution >= 0.6 is 0 Å². The predicted molar refractivity (Wildman–Crippen MR) is 101 cm³/mol. The summed E-state index contributed by atoms with van der Waals surface area (Å²) in [4.78, 5) is 13.0. The summed E-state index contributed by atoms with van der Waals surface area (Å²) in [5.74, 6) is -0.409. The van der Waals surface area contributed by atoms with Crippen LogP contribution in [0.5, 0.6) is 0 Å². The molecule has 5 nitrogen and oxygen atoms in total. The third kappa shape index (κ3) is 4.36. The number of sulfonamides is 1. The van der Waals surface area contributed by atoms with Gasteiger partial charge in [-0.05, 0) is 54.7 Å². The molecule has 1 saturated carbocycles. The number of hydrogen-bond donors (Lipinski definition) is 2. The van der Waals surface area contributed by atoms with Crippen molar-refractivity contribution in [2.75, 3.05) is 6.54 Å². The highest BCUT2D eigenvalue weighted by atomic mass is 32.2. The van der Waals surface area contributed by atoms with Crippen LogP contribution < -0.4 is 10.5 Å². The van der Waals surface area contributed by atoms with E-state index < -0.39 is 15.4 Å². The van der Waals surface area contributed by atoms with Crippen LogP contribution in [0.15, 0.2) is 53.4 Å². The monoisotopic (exact) mass is 390 g/mol. The van der Waals surface area contributed by atoms with Gasteiger partial charge in [0.15, 0.2) is 0 Å². The average molecular weight is 390 g/mol. The first-order chi connectivity index (χ1) is 12.8. The van der Waals surface area contributed by atoms with Gasteiger partial charge >= 0.3 is 0 Å². The topological polar surface area (TPSA) is 89.3 Å². The molecule has 27 heavy (non-hydrogen) atoms. The molecule has 3 N–H and O–H groups in total. The minimum atomic E-state index is -3.71. The lowest BCUT2D eigenvalue weighted by molar-refractivity contribution is -0.126. The van der Waals surface area contributed by atoms with Crippen molar-refractivity contribution in [3.05, 3.63) is 65.5 Å². The largest absolute Gasteiger partial charge is 0.355 e. The molecule has 0 spiro atoms. The summed E-state index contributed by atoms with van der Waals surface area (Å²) in [7, 11) is -3.71. The lowest BCUT2D eigenvalue weighted by atomic mass is 9.78. The van der Waals surface area contributed by atoms with E-state index in [1.807, 2.05) is 6.07 Å². The molecule has 1 fully saturated rings. The van der Waals surface area contributed by atoms with E-state index in [4.69, 9.17) is 5.14 Å². The van der Waals surface area contributed by atoms with Crippen molar-refractivity contribution in [1.82, 2.24) is 5.32 Å². The molecule has 1 amide bonds. The summed E-state index contributed by atoms with van der Waals surface area (Å²) in [5.41, 5.74) is 0.962. The molecular weight excluding hydrogens is 367 g/mol. The first-order valence-corrected chi connectivity index (χ1v) is 10.5. The zero-order chi connectivity index (χ0) is 19.5. The number of halogens is 1. The zero-order valence-electron chi connectivity index (χ0n) is 14.9. The first kappa shape index (κ1) is 19.5. The van der Waals surface area contributed by atoms with Gasteiger partial charge in [0, 0.05) is 6.54 Å². The van der Waals surface area contributed by atoms with E-state index in [1.165, 1.54) is 24.3 Å². The molecule has 3 rings (SSSR count). The number of nitrogens with two attached hydrogens (primary N) is 1. The van der Waals surface area contributed by atoms with E-state index in [9.17, 15) is 17.6 Å². The third-order valence-corrected chi connectivity index (χ3v) is 6.15. The zero-order valence-corrected chi connectivity index (χ0v) is 15.8. The Labute approximate surface area is 158 Å². The molecule has 0 radical (unpaired) electrons. The van der Waals surface area contributed by atoms with Gasteiger partial charge in [0.05, 0.1) is 10.3 Å². The summed E-state index contributed by atoms with van der Waals surface area (Å²) in [6.45, 7) is 0.421. The highest BCUT2D eigenvalue weighted by molar-refractivity contribution is 7.89. The SMILES string of the molecule is NS(=O)(=O)c1ccc(CCNC(=O)C2(c3cccc(F)c3)CCCC2)cc1. The van der Waals surface area contributed by atoms with Crippen LogP contribution in [0.3, 0.4) is 0 Å². The van der Waals surface area contributed by atoms with Gasteiger partial charge in [0.25, 0.3) is 0 Å². The van der Waals surface area contributed by atoms with E-state index in [-0.39, 0.29) is 16.6 Å². The fraction of sp³-hybridized carbons (Fsp3) is 0.350. The Bertz CT molecular complexity index is 920. The lowest BCUT2D eigenvalue weighted by Gasteiger charge is -2.28. The fourth-order valence-corrected chi connectivity index (χ4v) is 4.26. The second-order valence-electron chi connectivity index (χ2n) is 6.99. The molecule has 0 aromatic heterocycles. The third-order valence-electron chi connectivity index (χ3n) is 5.22. The maximum Gasteiger partial charge on any atom is 0.238 e. The maximum atomic E-state index is 13.7. The standard InChI is InChI=1S/C20H23FN2O3S/c21-17-5-3-4-16(14-17)20(11-1-2-12-20)19(24)23-13-10-15-6-8-18(9-7-15)27(22,25)26/h3-9,14H,1-2,10-13H2,(H,23,24)(H2,22,25,26). The Hall–Kier alpha value is -2.25. The summed E-state index contributed by atoms with van der Waals surface area (Å²) in [5, 5.41) is 8.06. The van der Waals surface area contributed by atoms with E-state index in [0.717, 1.165) is 24.0 Å². The molecule has 0 heterocycles. The minimum Gasteiger partial charge on any atom is -0.355 e. The number of amides is 1. The summed E-state index contributed by atoms with van der Waals surface area (Å²) in [6.07, 6.45) is 3.88. The van der Waals surface area contributed by atoms with E-state index in [0.29, 0.717) is 25.8 Å². The van der Waals surface area contributed by atoms with E-state index in [1.54, 1.807) is 18.2 Å². The van der Waals surface area contributed by atoms with Crippen molar-refractivity contribution in [1.29, 1.82) is 0 Å². The molecule has 0 atom stereocenters. The summed E-state index contributed by atoms with van der Waals surface area (Å²) in [6, 6.07) is 12.6. The number of primary sulfonamides is 1. The van der Waals surface area contributed by atoms with Crippen LogP contribution in [0.2, 0.25) is 0 Å². The van der Waals surface area contributed by atoms with Crippen molar-refractivity contribution in [3.63, 3.8) is 0 Å². The first-order valence-electron chi connectivity index (χ1n) is 8.97. The molecule has 2 aromatic carbocycles.